The number of piperidine rings is 1. The van der Waals surface area contributed by atoms with Crippen molar-refractivity contribution in [2.24, 2.45) is 23.1 Å². The second-order valence-corrected chi connectivity index (χ2v) is 13.7. The van der Waals surface area contributed by atoms with Gasteiger partial charge in [0.1, 0.15) is 12.0 Å². The van der Waals surface area contributed by atoms with Crippen molar-refractivity contribution in [3.8, 4) is 17.2 Å². The average molecular weight is 664 g/mol. The Bertz CT molecular complexity index is 1520. The van der Waals surface area contributed by atoms with E-state index in [1.54, 1.807) is 14.2 Å². The zero-order valence-electron chi connectivity index (χ0n) is 28.1. The molecule has 48 heavy (non-hydrogen) atoms. The van der Waals surface area contributed by atoms with Crippen LogP contribution >= 0.6 is 0 Å². The number of nitrogens with two attached hydrogens (primary N) is 3. The number of nitrogens with one attached hydrogen (secondary N) is 2. The number of ether oxygens (including phenoxy) is 3. The van der Waals surface area contributed by atoms with Crippen LogP contribution < -0.4 is 42.0 Å². The third kappa shape index (κ3) is 6.37. The summed E-state index contributed by atoms with van der Waals surface area (Å²) in [6.07, 6.45) is 2.76. The first kappa shape index (κ1) is 34.1. The Morgan fingerprint density at radius 1 is 1.15 bits per heavy atom. The van der Waals surface area contributed by atoms with Crippen molar-refractivity contribution < 1.29 is 28.6 Å². The molecule has 2 aromatic carbocycles. The Morgan fingerprint density at radius 3 is 2.65 bits per heavy atom. The first-order valence-corrected chi connectivity index (χ1v) is 17.0. The fraction of sp³-hybridized carbons (Fsp3) is 0.571. The van der Waals surface area contributed by atoms with Gasteiger partial charge in [-0.25, -0.2) is 4.79 Å². The molecule has 0 radical (unpaired) electrons. The molecule has 13 nitrogen and oxygen atoms in total. The highest BCUT2D eigenvalue weighted by atomic mass is 16.6. The Balaban J connectivity index is 1.03. The Morgan fingerprint density at radius 2 is 1.92 bits per heavy atom. The molecule has 6 atom stereocenters. The van der Waals surface area contributed by atoms with E-state index in [4.69, 9.17) is 31.4 Å². The van der Waals surface area contributed by atoms with E-state index in [0.717, 1.165) is 37.1 Å². The standard InChI is InChI=1S/C35H49N7O6/c1-20-18-35-24-11-12-27(43)31(35)48-30-28(46-3)13-8-22(29(30)35)17-26(24)42(20)19-21-6-9-23(10-7-21)47-34(45)41(2)16-15-39-32(44)25(36)5-4-14-40-33(37)38/h6-10,13,20,24-26,31,33,40H,4-5,11-12,14-19,36-38H2,1-3H3,(H,39,44)/t20-,24+,25+,26?,31+,35+/m1/s1. The number of carbonyl (C=O) groups excluding carboxylic acids is 3. The summed E-state index contributed by atoms with van der Waals surface area (Å²) >= 11 is 0. The molecule has 2 amide bonds. The number of ketones is 1. The summed E-state index contributed by atoms with van der Waals surface area (Å²) in [5, 5.41) is 5.64. The number of amides is 2. The van der Waals surface area contributed by atoms with E-state index in [1.165, 1.54) is 16.0 Å². The highest BCUT2D eigenvalue weighted by molar-refractivity contribution is 5.89. The normalized spacial score (nSPS) is 26.0. The molecule has 260 valence electrons. The van der Waals surface area contributed by atoms with Gasteiger partial charge in [0.2, 0.25) is 5.91 Å². The number of likely N-dealkylation sites (N-methyl/N-ethyl adjacent to an activating group) is 1. The number of hydrogen-bond donors (Lipinski definition) is 5. The lowest BCUT2D eigenvalue weighted by molar-refractivity contribution is -0.141. The molecule has 2 bridgehead atoms. The van der Waals surface area contributed by atoms with Gasteiger partial charge in [-0.3, -0.25) is 19.8 Å². The van der Waals surface area contributed by atoms with E-state index in [-0.39, 0.29) is 42.3 Å². The summed E-state index contributed by atoms with van der Waals surface area (Å²) in [4.78, 5) is 42.3. The van der Waals surface area contributed by atoms with Crippen LogP contribution in [0.2, 0.25) is 0 Å². The van der Waals surface area contributed by atoms with Crippen molar-refractivity contribution in [1.29, 1.82) is 0 Å². The summed E-state index contributed by atoms with van der Waals surface area (Å²) < 4.78 is 17.7. The SMILES string of the molecule is COc1ccc2c3c1O[C@H]1C(=O)CC[C@H]4C(C2)N(Cc2ccc(OC(=O)N(C)CCNC(=O)[C@@H](N)CCCNC(N)N)cc2)[C@H](C)C[C@]314. The van der Waals surface area contributed by atoms with E-state index in [2.05, 4.69) is 28.5 Å². The molecular formula is C35H49N7O6. The molecule has 2 fully saturated rings. The first-order chi connectivity index (χ1) is 23.0. The monoisotopic (exact) mass is 663 g/mol. The fourth-order valence-corrected chi connectivity index (χ4v) is 8.50. The summed E-state index contributed by atoms with van der Waals surface area (Å²) in [5.41, 5.74) is 20.1. The van der Waals surface area contributed by atoms with Crippen LogP contribution in [0.25, 0.3) is 0 Å². The van der Waals surface area contributed by atoms with Crippen LogP contribution in [0.1, 0.15) is 55.7 Å². The second-order valence-electron chi connectivity index (χ2n) is 13.7. The molecule has 1 saturated heterocycles. The van der Waals surface area contributed by atoms with E-state index < -0.39 is 24.5 Å². The first-order valence-electron chi connectivity index (χ1n) is 17.0. The maximum absolute atomic E-state index is 13.3. The second kappa shape index (κ2) is 14.0. The van der Waals surface area contributed by atoms with Gasteiger partial charge in [0.15, 0.2) is 23.4 Å². The highest BCUT2D eigenvalue weighted by Crippen LogP contribution is 2.64. The van der Waals surface area contributed by atoms with Crippen molar-refractivity contribution in [2.45, 2.75) is 87.9 Å². The number of nitrogens with zero attached hydrogens (tertiary/aromatic N) is 2. The molecule has 1 spiro atoms. The minimum Gasteiger partial charge on any atom is -0.493 e. The summed E-state index contributed by atoms with van der Waals surface area (Å²) in [7, 11) is 3.28. The number of hydrogen-bond acceptors (Lipinski definition) is 11. The summed E-state index contributed by atoms with van der Waals surface area (Å²) in [6.45, 7) is 4.10. The van der Waals surface area contributed by atoms with Crippen LogP contribution in [0.4, 0.5) is 4.79 Å². The number of methoxy groups -OCH3 is 1. The smallest absolute Gasteiger partial charge is 0.415 e. The van der Waals surface area contributed by atoms with E-state index in [1.807, 2.05) is 30.3 Å². The number of carbonyl (C=O) groups is 3. The van der Waals surface area contributed by atoms with Crippen molar-refractivity contribution in [2.75, 3.05) is 33.8 Å². The lowest BCUT2D eigenvalue weighted by Crippen LogP contribution is -2.68. The summed E-state index contributed by atoms with van der Waals surface area (Å²) in [5.74, 6) is 2.19. The van der Waals surface area contributed by atoms with Crippen LogP contribution in [0.5, 0.6) is 17.2 Å². The van der Waals surface area contributed by atoms with Crippen LogP contribution in [-0.4, -0.2) is 91.9 Å². The number of Topliss-reactive ketones (excluding diaryl/α,β-unsaturated/α-hetero) is 1. The molecule has 2 aliphatic heterocycles. The van der Waals surface area contributed by atoms with E-state index in [9.17, 15) is 14.4 Å². The molecule has 8 N–H and O–H groups in total. The van der Waals surface area contributed by atoms with Crippen LogP contribution in [0.15, 0.2) is 36.4 Å². The molecule has 1 unspecified atom stereocenters. The predicted molar refractivity (Wildman–Crippen MR) is 179 cm³/mol. The van der Waals surface area contributed by atoms with Gasteiger partial charge in [-0.1, -0.05) is 18.2 Å². The largest absolute Gasteiger partial charge is 0.493 e. The number of rotatable bonds is 13. The molecular weight excluding hydrogens is 614 g/mol. The molecule has 2 aromatic rings. The molecule has 2 heterocycles. The zero-order valence-corrected chi connectivity index (χ0v) is 28.1. The topological polar surface area (TPSA) is 188 Å². The van der Waals surface area contributed by atoms with Crippen molar-refractivity contribution in [3.63, 3.8) is 0 Å². The minimum absolute atomic E-state index is 0.204. The predicted octanol–water partition coefficient (Wildman–Crippen LogP) is 1.34. The zero-order chi connectivity index (χ0) is 34.2. The van der Waals surface area contributed by atoms with E-state index in [0.29, 0.717) is 43.2 Å². The van der Waals surface area contributed by atoms with Gasteiger partial charge in [-0.05, 0) is 80.8 Å². The lowest BCUT2D eigenvalue weighted by Gasteiger charge is -2.60. The summed E-state index contributed by atoms with van der Waals surface area (Å²) in [6, 6.07) is 11.6. The highest BCUT2D eigenvalue weighted by Gasteiger charge is 2.67. The third-order valence-corrected chi connectivity index (χ3v) is 10.7. The fourth-order valence-electron chi connectivity index (χ4n) is 8.50. The van der Waals surface area contributed by atoms with Crippen LogP contribution in [-0.2, 0) is 28.0 Å². The van der Waals surface area contributed by atoms with Gasteiger partial charge in [-0.15, -0.1) is 0 Å². The average Bonchev–Trinajstić information content (AvgIpc) is 3.41. The third-order valence-electron chi connectivity index (χ3n) is 10.7. The van der Waals surface area contributed by atoms with Crippen LogP contribution in [0, 0.1) is 5.92 Å². The molecule has 6 rings (SSSR count). The van der Waals surface area contributed by atoms with Gasteiger partial charge >= 0.3 is 6.09 Å². The van der Waals surface area contributed by atoms with Gasteiger partial charge in [0, 0.05) is 56.2 Å². The maximum atomic E-state index is 13.3. The quantitative estimate of drug-likeness (QED) is 0.154. The molecule has 4 aliphatic rings. The minimum atomic E-state index is -0.656. The maximum Gasteiger partial charge on any atom is 0.415 e. The Hall–Kier alpha value is -3.75. The molecule has 13 heteroatoms. The van der Waals surface area contributed by atoms with Crippen molar-refractivity contribution in [3.05, 3.63) is 53.1 Å². The van der Waals surface area contributed by atoms with Gasteiger partial charge in [0.05, 0.1) is 13.2 Å². The van der Waals surface area contributed by atoms with Crippen molar-refractivity contribution >= 4 is 17.8 Å². The van der Waals surface area contributed by atoms with Crippen LogP contribution in [0.3, 0.4) is 0 Å². The molecule has 2 aliphatic carbocycles. The van der Waals surface area contributed by atoms with Gasteiger partial charge in [0.25, 0.3) is 0 Å². The molecule has 1 saturated carbocycles. The van der Waals surface area contributed by atoms with Gasteiger partial charge < -0.3 is 41.6 Å². The van der Waals surface area contributed by atoms with Gasteiger partial charge in [-0.2, -0.15) is 0 Å². The number of likely N-dealkylation sites (tertiary alicyclic amines) is 1. The molecule has 0 aromatic heterocycles. The van der Waals surface area contributed by atoms with Crippen molar-refractivity contribution in [1.82, 2.24) is 20.4 Å². The number of benzene rings is 2. The lowest BCUT2D eigenvalue weighted by atomic mass is 9.50. The Kier molecular flexibility index (Phi) is 9.96. The van der Waals surface area contributed by atoms with E-state index >= 15 is 0 Å². The Labute approximate surface area is 281 Å².